The van der Waals surface area contributed by atoms with Gasteiger partial charge in [-0.15, -0.1) is 0 Å². The van der Waals surface area contributed by atoms with Crippen LogP contribution in [0.15, 0.2) is 85.5 Å². The maximum absolute atomic E-state index is 13.0. The Morgan fingerprint density at radius 2 is 1.84 bits per heavy atom. The Balaban J connectivity index is 1.13. The molecule has 0 saturated carbocycles. The van der Waals surface area contributed by atoms with Crippen molar-refractivity contribution in [2.24, 2.45) is 0 Å². The fraction of sp³-hybridized carbons (Fsp3) is 0.0357. The number of aromatic nitrogens is 7. The van der Waals surface area contributed by atoms with E-state index >= 15 is 0 Å². The predicted octanol–water partition coefficient (Wildman–Crippen LogP) is 5.55. The van der Waals surface area contributed by atoms with Gasteiger partial charge in [0.25, 0.3) is 0 Å². The molecule has 9 heteroatoms. The van der Waals surface area contributed by atoms with E-state index in [9.17, 15) is 4.79 Å². The second kappa shape index (κ2) is 8.42. The van der Waals surface area contributed by atoms with Crippen LogP contribution in [0.3, 0.4) is 0 Å². The minimum atomic E-state index is 0.00599. The summed E-state index contributed by atoms with van der Waals surface area (Å²) in [7, 11) is 0. The Bertz CT molecular complexity index is 1930. The number of hydrogen-bond acceptors (Lipinski definition) is 6. The molecule has 5 heterocycles. The number of fused-ring (bicyclic) bond motifs is 3. The molecule has 0 saturated heterocycles. The highest BCUT2D eigenvalue weighted by molar-refractivity contribution is 6.01. The minimum Gasteiger partial charge on any atom is -0.352 e. The van der Waals surface area contributed by atoms with E-state index in [-0.39, 0.29) is 12.2 Å². The Morgan fingerprint density at radius 1 is 0.865 bits per heavy atom. The summed E-state index contributed by atoms with van der Waals surface area (Å²) in [5, 5.41) is 13.3. The number of pyridine rings is 1. The number of rotatable bonds is 6. The normalized spacial score (nSPS) is 11.5. The van der Waals surface area contributed by atoms with Crippen molar-refractivity contribution < 1.29 is 4.79 Å². The number of nitrogens with zero attached hydrogens (tertiary/aromatic N) is 4. The van der Waals surface area contributed by atoms with E-state index in [0.29, 0.717) is 17.3 Å². The summed E-state index contributed by atoms with van der Waals surface area (Å²) in [6.07, 6.45) is 7.37. The highest BCUT2D eigenvalue weighted by Gasteiger charge is 2.13. The van der Waals surface area contributed by atoms with Crippen molar-refractivity contribution in [3.63, 3.8) is 0 Å². The number of Topliss-reactive ketones (excluding diaryl/α,β-unsaturated/α-hetero) is 1. The number of carbonyl (C=O) groups is 1. The Morgan fingerprint density at radius 3 is 2.81 bits per heavy atom. The summed E-state index contributed by atoms with van der Waals surface area (Å²) in [4.78, 5) is 32.9. The van der Waals surface area contributed by atoms with Gasteiger partial charge in [0.15, 0.2) is 11.6 Å². The zero-order chi connectivity index (χ0) is 24.8. The van der Waals surface area contributed by atoms with E-state index in [1.165, 1.54) is 0 Å². The molecule has 0 fully saturated rings. The molecule has 5 aromatic heterocycles. The summed E-state index contributed by atoms with van der Waals surface area (Å²) < 4.78 is 0. The summed E-state index contributed by atoms with van der Waals surface area (Å²) in [5.74, 6) is 1.28. The van der Waals surface area contributed by atoms with Gasteiger partial charge in [0.2, 0.25) is 0 Å². The standard InChI is InChI=1S/C28H20N8O/c37-25(10-16-9-19-5-7-29-27(19)31-14-16)24-12-17-1-2-18(13-23(17)34-24)28-30-8-6-26(35-28)33-21-3-4-22-20(11-21)15-32-36-22/h1-9,11-15,34H,10H2,(H,29,31)(H,32,36)(H,30,33,35). The second-order valence-electron chi connectivity index (χ2n) is 8.91. The van der Waals surface area contributed by atoms with Crippen LogP contribution in [0.25, 0.3) is 44.2 Å². The molecule has 0 unspecified atom stereocenters. The molecule has 178 valence electrons. The van der Waals surface area contributed by atoms with Gasteiger partial charge in [-0.2, -0.15) is 5.10 Å². The van der Waals surface area contributed by atoms with Crippen molar-refractivity contribution in [3.8, 4) is 11.4 Å². The molecule has 0 bridgehead atoms. The highest BCUT2D eigenvalue weighted by atomic mass is 16.1. The molecule has 4 N–H and O–H groups in total. The molecule has 0 aliphatic carbocycles. The second-order valence-corrected chi connectivity index (χ2v) is 8.91. The molecule has 0 atom stereocenters. The molecule has 7 aromatic rings. The Kier molecular flexibility index (Phi) is 4.78. The summed E-state index contributed by atoms with van der Waals surface area (Å²) >= 11 is 0. The zero-order valence-corrected chi connectivity index (χ0v) is 19.5. The molecular formula is C28H20N8O. The first-order chi connectivity index (χ1) is 18.2. The molecule has 0 amide bonds. The topological polar surface area (TPSA) is 128 Å². The number of carbonyl (C=O) groups excluding carboxylic acids is 1. The van der Waals surface area contributed by atoms with Gasteiger partial charge in [-0.3, -0.25) is 9.89 Å². The van der Waals surface area contributed by atoms with Gasteiger partial charge in [0.05, 0.1) is 17.4 Å². The third-order valence-corrected chi connectivity index (χ3v) is 6.37. The minimum absolute atomic E-state index is 0.00599. The number of anilines is 2. The first kappa shape index (κ1) is 21.0. The molecule has 0 spiro atoms. The molecule has 0 radical (unpaired) electrons. The summed E-state index contributed by atoms with van der Waals surface area (Å²) in [6.45, 7) is 0. The van der Waals surface area contributed by atoms with Crippen molar-refractivity contribution in [1.29, 1.82) is 0 Å². The lowest BCUT2D eigenvalue weighted by Crippen LogP contribution is -2.04. The number of H-pyrrole nitrogens is 3. The summed E-state index contributed by atoms with van der Waals surface area (Å²) in [5.41, 5.74) is 5.84. The first-order valence-corrected chi connectivity index (χ1v) is 11.8. The zero-order valence-electron chi connectivity index (χ0n) is 19.5. The Hall–Kier alpha value is -5.31. The highest BCUT2D eigenvalue weighted by Crippen LogP contribution is 2.25. The van der Waals surface area contributed by atoms with Crippen LogP contribution >= 0.6 is 0 Å². The number of aromatic amines is 3. The summed E-state index contributed by atoms with van der Waals surface area (Å²) in [6, 6.07) is 19.5. The smallest absolute Gasteiger partial charge is 0.183 e. The monoisotopic (exact) mass is 484 g/mol. The SMILES string of the molecule is O=C(Cc1cnc2[nH]ccc2c1)c1cc2ccc(-c3nccc(Nc4ccc5[nH]ncc5c4)n3)cc2[nH]1. The molecule has 9 nitrogen and oxygen atoms in total. The van der Waals surface area contributed by atoms with Gasteiger partial charge in [0, 0.05) is 57.9 Å². The fourth-order valence-electron chi connectivity index (χ4n) is 4.51. The van der Waals surface area contributed by atoms with Gasteiger partial charge < -0.3 is 15.3 Å². The van der Waals surface area contributed by atoms with E-state index < -0.39 is 0 Å². The third-order valence-electron chi connectivity index (χ3n) is 6.37. The van der Waals surface area contributed by atoms with Crippen molar-refractivity contribution in [3.05, 3.63) is 96.7 Å². The molecular weight excluding hydrogens is 464 g/mol. The average Bonchev–Trinajstić information content (AvgIpc) is 3.67. The van der Waals surface area contributed by atoms with Crippen LogP contribution in [0, 0.1) is 0 Å². The van der Waals surface area contributed by atoms with Gasteiger partial charge in [0.1, 0.15) is 11.5 Å². The average molecular weight is 485 g/mol. The lowest BCUT2D eigenvalue weighted by molar-refractivity contribution is 0.0989. The van der Waals surface area contributed by atoms with Gasteiger partial charge >= 0.3 is 0 Å². The van der Waals surface area contributed by atoms with Crippen LogP contribution in [-0.4, -0.2) is 40.9 Å². The number of hydrogen-bond donors (Lipinski definition) is 4. The van der Waals surface area contributed by atoms with Crippen molar-refractivity contribution >= 4 is 50.1 Å². The van der Waals surface area contributed by atoms with Gasteiger partial charge in [-0.05, 0) is 54.1 Å². The maximum Gasteiger partial charge on any atom is 0.183 e. The van der Waals surface area contributed by atoms with Gasteiger partial charge in [-0.1, -0.05) is 12.1 Å². The van der Waals surface area contributed by atoms with E-state index in [2.05, 4.69) is 35.5 Å². The van der Waals surface area contributed by atoms with Crippen LogP contribution in [0.1, 0.15) is 16.1 Å². The van der Waals surface area contributed by atoms with Crippen LogP contribution in [0.2, 0.25) is 0 Å². The first-order valence-electron chi connectivity index (χ1n) is 11.8. The van der Waals surface area contributed by atoms with E-state index in [1.807, 2.05) is 66.9 Å². The number of benzene rings is 2. The van der Waals surface area contributed by atoms with Crippen LogP contribution in [0.4, 0.5) is 11.5 Å². The lowest BCUT2D eigenvalue weighted by atomic mass is 10.1. The molecule has 7 rings (SSSR count). The quantitative estimate of drug-likeness (QED) is 0.229. The number of nitrogens with one attached hydrogen (secondary N) is 4. The third kappa shape index (κ3) is 3.98. The van der Waals surface area contributed by atoms with Crippen LogP contribution < -0.4 is 5.32 Å². The molecule has 37 heavy (non-hydrogen) atoms. The lowest BCUT2D eigenvalue weighted by Gasteiger charge is -2.07. The van der Waals surface area contributed by atoms with Crippen LogP contribution in [-0.2, 0) is 6.42 Å². The van der Waals surface area contributed by atoms with E-state index in [4.69, 9.17) is 4.98 Å². The molecule has 0 aliphatic rings. The van der Waals surface area contributed by atoms with Crippen LogP contribution in [0.5, 0.6) is 0 Å². The molecule has 2 aromatic carbocycles. The predicted molar refractivity (Wildman–Crippen MR) is 143 cm³/mol. The molecule has 0 aliphatic heterocycles. The fourth-order valence-corrected chi connectivity index (χ4v) is 4.51. The van der Waals surface area contributed by atoms with E-state index in [0.717, 1.165) is 49.7 Å². The Labute approximate surface area is 210 Å². The van der Waals surface area contributed by atoms with Crippen molar-refractivity contribution in [1.82, 2.24) is 35.1 Å². The van der Waals surface area contributed by atoms with Gasteiger partial charge in [-0.25, -0.2) is 15.0 Å². The largest absolute Gasteiger partial charge is 0.352 e. The maximum atomic E-state index is 13.0. The van der Waals surface area contributed by atoms with Crippen molar-refractivity contribution in [2.45, 2.75) is 6.42 Å². The number of ketones is 1. The van der Waals surface area contributed by atoms with E-state index in [1.54, 1.807) is 18.6 Å². The van der Waals surface area contributed by atoms with Crippen molar-refractivity contribution in [2.75, 3.05) is 5.32 Å².